The smallest absolute Gasteiger partial charge is 0.131 e. The fourth-order valence-corrected chi connectivity index (χ4v) is 2.02. The van der Waals surface area contributed by atoms with Gasteiger partial charge >= 0.3 is 0 Å². The van der Waals surface area contributed by atoms with E-state index < -0.39 is 6.17 Å². The van der Waals surface area contributed by atoms with E-state index in [0.717, 1.165) is 3.57 Å². The number of hydrogen-bond acceptors (Lipinski definition) is 3. The van der Waals surface area contributed by atoms with Gasteiger partial charge in [0.05, 0.1) is 0 Å². The highest BCUT2D eigenvalue weighted by Crippen LogP contribution is 2.25. The quantitative estimate of drug-likeness (QED) is 0.610. The highest BCUT2D eigenvalue weighted by Gasteiger charge is 2.19. The summed E-state index contributed by atoms with van der Waals surface area (Å²) in [7, 11) is 0. The Bertz CT molecular complexity index is 470. The van der Waals surface area contributed by atoms with Crippen LogP contribution >= 0.6 is 22.6 Å². The van der Waals surface area contributed by atoms with Crippen molar-refractivity contribution in [2.45, 2.75) is 6.17 Å². The van der Waals surface area contributed by atoms with Crippen LogP contribution in [0.4, 0.5) is 4.39 Å². The zero-order valence-corrected chi connectivity index (χ0v) is 10.6. The minimum atomic E-state index is -0.514. The zero-order chi connectivity index (χ0) is 11.7. The molecule has 2 rings (SSSR count). The maximum Gasteiger partial charge on any atom is 0.131 e. The fourth-order valence-electron chi connectivity index (χ4n) is 1.57. The first-order chi connectivity index (χ1) is 7.59. The third kappa shape index (κ3) is 2.11. The van der Waals surface area contributed by atoms with Crippen molar-refractivity contribution >= 4 is 28.2 Å². The van der Waals surface area contributed by atoms with Crippen LogP contribution in [-0.4, -0.2) is 11.2 Å². The van der Waals surface area contributed by atoms with Crippen LogP contribution in [0.2, 0.25) is 0 Å². The van der Waals surface area contributed by atoms with Gasteiger partial charge < -0.3 is 5.73 Å². The zero-order valence-electron chi connectivity index (χ0n) is 8.40. The van der Waals surface area contributed by atoms with Crippen molar-refractivity contribution in [3.8, 4) is 0 Å². The molecule has 1 aromatic carbocycles. The van der Waals surface area contributed by atoms with Crippen molar-refractivity contribution in [3.05, 3.63) is 51.5 Å². The Balaban J connectivity index is 2.44. The summed E-state index contributed by atoms with van der Waals surface area (Å²) < 4.78 is 14.6. The Labute approximate surface area is 107 Å². The SMILES string of the molecule is NC1C(c2ccc(I)cc2F)=CC=CN1N. The lowest BCUT2D eigenvalue weighted by Crippen LogP contribution is -2.45. The number of halogens is 2. The van der Waals surface area contributed by atoms with E-state index >= 15 is 0 Å². The second-order valence-electron chi connectivity index (χ2n) is 3.48. The van der Waals surface area contributed by atoms with Crippen LogP contribution in [0.3, 0.4) is 0 Å². The number of nitrogens with zero attached hydrogens (tertiary/aromatic N) is 1. The van der Waals surface area contributed by atoms with Gasteiger partial charge in [0.25, 0.3) is 0 Å². The molecule has 0 saturated heterocycles. The lowest BCUT2D eigenvalue weighted by molar-refractivity contribution is 0.343. The van der Waals surface area contributed by atoms with Gasteiger partial charge in [0.15, 0.2) is 0 Å². The molecule has 84 valence electrons. The predicted molar refractivity (Wildman–Crippen MR) is 70.2 cm³/mol. The predicted octanol–water partition coefficient (Wildman–Crippen LogP) is 1.80. The molecule has 3 nitrogen and oxygen atoms in total. The molecule has 1 aliphatic heterocycles. The van der Waals surface area contributed by atoms with Gasteiger partial charge in [-0.3, -0.25) is 5.01 Å². The van der Waals surface area contributed by atoms with Gasteiger partial charge in [-0.2, -0.15) is 0 Å². The van der Waals surface area contributed by atoms with Gasteiger partial charge in [-0.15, -0.1) is 0 Å². The molecule has 0 bridgehead atoms. The van der Waals surface area contributed by atoms with Crippen molar-refractivity contribution in [1.82, 2.24) is 5.01 Å². The molecule has 0 saturated carbocycles. The Morgan fingerprint density at radius 2 is 2.12 bits per heavy atom. The van der Waals surface area contributed by atoms with E-state index in [-0.39, 0.29) is 5.82 Å². The summed E-state index contributed by atoms with van der Waals surface area (Å²) >= 11 is 2.06. The summed E-state index contributed by atoms with van der Waals surface area (Å²) in [4.78, 5) is 0. The van der Waals surface area contributed by atoms with Gasteiger partial charge in [0.1, 0.15) is 12.0 Å². The number of allylic oxidation sites excluding steroid dienone is 2. The summed E-state index contributed by atoms with van der Waals surface area (Å²) in [5.41, 5.74) is 7.05. The number of hydrogen-bond donors (Lipinski definition) is 2. The molecule has 5 heteroatoms. The molecule has 0 radical (unpaired) electrons. The van der Waals surface area contributed by atoms with E-state index in [4.69, 9.17) is 11.6 Å². The summed E-state index contributed by atoms with van der Waals surface area (Å²) in [5, 5.41) is 1.35. The summed E-state index contributed by atoms with van der Waals surface area (Å²) in [5.74, 6) is 5.36. The molecule has 1 aromatic rings. The largest absolute Gasteiger partial charge is 0.306 e. The minimum absolute atomic E-state index is 0.280. The lowest BCUT2D eigenvalue weighted by atomic mass is 10.0. The molecule has 0 aliphatic carbocycles. The molecule has 1 heterocycles. The normalized spacial score (nSPS) is 19.9. The standard InChI is InChI=1S/C11H11FIN3/c12-10-6-7(13)3-4-8(10)9-2-1-5-16(15)11(9)14/h1-6,11H,14-15H2. The van der Waals surface area contributed by atoms with Gasteiger partial charge in [-0.1, -0.05) is 12.1 Å². The number of hydrazine groups is 1. The van der Waals surface area contributed by atoms with Crippen molar-refractivity contribution < 1.29 is 4.39 Å². The molecule has 1 atom stereocenters. The highest BCUT2D eigenvalue weighted by molar-refractivity contribution is 14.1. The highest BCUT2D eigenvalue weighted by atomic mass is 127. The summed E-state index contributed by atoms with van der Waals surface area (Å²) in [6.07, 6.45) is 4.66. The molecule has 1 unspecified atom stereocenters. The van der Waals surface area contributed by atoms with E-state index in [9.17, 15) is 4.39 Å². The summed E-state index contributed by atoms with van der Waals surface area (Å²) in [6, 6.07) is 5.03. The van der Waals surface area contributed by atoms with E-state index in [2.05, 4.69) is 22.6 Å². The third-order valence-electron chi connectivity index (χ3n) is 2.42. The molecule has 4 N–H and O–H groups in total. The molecule has 0 aromatic heterocycles. The van der Waals surface area contributed by atoms with Crippen LogP contribution in [-0.2, 0) is 0 Å². The third-order valence-corrected chi connectivity index (χ3v) is 3.09. The topological polar surface area (TPSA) is 55.3 Å². The van der Waals surface area contributed by atoms with Gasteiger partial charge in [0, 0.05) is 20.9 Å². The molecule has 0 amide bonds. The van der Waals surface area contributed by atoms with Crippen LogP contribution in [0.15, 0.2) is 36.6 Å². The maximum atomic E-state index is 13.8. The van der Waals surface area contributed by atoms with Gasteiger partial charge in [0.2, 0.25) is 0 Å². The average molecular weight is 331 g/mol. The maximum absolute atomic E-state index is 13.8. The minimum Gasteiger partial charge on any atom is -0.306 e. The molecular formula is C11H11FIN3. The van der Waals surface area contributed by atoms with Crippen molar-refractivity contribution in [2.75, 3.05) is 0 Å². The van der Waals surface area contributed by atoms with Crippen LogP contribution < -0.4 is 11.6 Å². The first-order valence-electron chi connectivity index (χ1n) is 4.72. The number of nitrogens with two attached hydrogens (primary N) is 2. The van der Waals surface area contributed by atoms with Crippen LogP contribution in [0.25, 0.3) is 5.57 Å². The molecule has 1 aliphatic rings. The summed E-state index contributed by atoms with van der Waals surface area (Å²) in [6.45, 7) is 0. The van der Waals surface area contributed by atoms with E-state index in [1.54, 1.807) is 24.4 Å². The van der Waals surface area contributed by atoms with Gasteiger partial charge in [-0.05, 0) is 40.8 Å². The van der Waals surface area contributed by atoms with Crippen LogP contribution in [0, 0.1) is 9.39 Å². The van der Waals surface area contributed by atoms with Crippen molar-refractivity contribution in [2.24, 2.45) is 11.6 Å². The van der Waals surface area contributed by atoms with Crippen LogP contribution in [0.1, 0.15) is 5.56 Å². The molecule has 0 spiro atoms. The lowest BCUT2D eigenvalue weighted by Gasteiger charge is -2.27. The average Bonchev–Trinajstić information content (AvgIpc) is 2.23. The van der Waals surface area contributed by atoms with E-state index in [0.29, 0.717) is 11.1 Å². The van der Waals surface area contributed by atoms with E-state index in [1.165, 1.54) is 11.1 Å². The fraction of sp³-hybridized carbons (Fsp3) is 0.0909. The molecule has 16 heavy (non-hydrogen) atoms. The Hall–Kier alpha value is -0.920. The Morgan fingerprint density at radius 3 is 2.81 bits per heavy atom. The van der Waals surface area contributed by atoms with Crippen molar-refractivity contribution in [3.63, 3.8) is 0 Å². The van der Waals surface area contributed by atoms with E-state index in [1.807, 2.05) is 6.07 Å². The van der Waals surface area contributed by atoms with Gasteiger partial charge in [-0.25, -0.2) is 10.2 Å². The first kappa shape index (κ1) is 11.6. The molecule has 0 fully saturated rings. The molecular weight excluding hydrogens is 320 g/mol. The number of benzene rings is 1. The second-order valence-corrected chi connectivity index (χ2v) is 4.73. The Morgan fingerprint density at radius 1 is 1.38 bits per heavy atom. The first-order valence-corrected chi connectivity index (χ1v) is 5.80. The second kappa shape index (κ2) is 4.52. The monoisotopic (exact) mass is 331 g/mol. The van der Waals surface area contributed by atoms with Crippen LogP contribution in [0.5, 0.6) is 0 Å². The Kier molecular flexibility index (Phi) is 3.27. The number of rotatable bonds is 1. The van der Waals surface area contributed by atoms with Crippen molar-refractivity contribution in [1.29, 1.82) is 0 Å².